The number of nitrogens with zero attached hydrogens (tertiary/aromatic N) is 8. The minimum atomic E-state index is 0. The molecule has 0 bridgehead atoms. The van der Waals surface area contributed by atoms with Crippen molar-refractivity contribution in [2.75, 3.05) is 101 Å². The molecule has 3 saturated heterocycles. The number of hydrogen-bond donors (Lipinski definition) is 13. The van der Waals surface area contributed by atoms with Crippen LogP contribution in [0.2, 0.25) is 0 Å². The van der Waals surface area contributed by atoms with Gasteiger partial charge in [0.05, 0.1) is 25.3 Å². The minimum Gasteiger partial charge on any atom is -0.394 e. The van der Waals surface area contributed by atoms with E-state index >= 15 is 0 Å². The van der Waals surface area contributed by atoms with Gasteiger partial charge < -0.3 is 74.8 Å². The summed E-state index contributed by atoms with van der Waals surface area (Å²) in [5.41, 5.74) is 27.6. The second kappa shape index (κ2) is 70.3. The van der Waals surface area contributed by atoms with Gasteiger partial charge in [-0.15, -0.1) is 11.6 Å². The summed E-state index contributed by atoms with van der Waals surface area (Å²) >= 11 is 5.73. The molecule has 18 N–H and O–H groups in total. The molecule has 0 unspecified atom stereocenters. The number of nitrogens with one attached hydrogen (secondary N) is 7. The summed E-state index contributed by atoms with van der Waals surface area (Å²) in [6, 6.07) is 0.968. The first-order valence-corrected chi connectivity index (χ1v) is 30.1. The van der Waals surface area contributed by atoms with Gasteiger partial charge >= 0.3 is 30.0 Å². The van der Waals surface area contributed by atoms with E-state index in [1.54, 1.807) is 37.3 Å². The van der Waals surface area contributed by atoms with Crippen molar-refractivity contribution in [1.82, 2.24) is 76.6 Å². The summed E-state index contributed by atoms with van der Waals surface area (Å²) in [6.07, 6.45) is 17.7. The number of likely N-dealkylation sites (N-methyl/N-ethyl adjacent to an activating group) is 2. The molecule has 396 valence electrons. The van der Waals surface area contributed by atoms with Crippen molar-refractivity contribution in [3.63, 3.8) is 0 Å². The van der Waals surface area contributed by atoms with Gasteiger partial charge in [-0.2, -0.15) is 20.5 Å². The van der Waals surface area contributed by atoms with Crippen molar-refractivity contribution in [2.24, 2.45) is 28.7 Å². The van der Waals surface area contributed by atoms with Gasteiger partial charge in [-0.25, -0.2) is 9.97 Å². The Bertz CT molecular complexity index is 1120. The average Bonchev–Trinajstić information content (AvgIpc) is 4.17. The second-order valence-corrected chi connectivity index (χ2v) is 15.9. The number of aliphatic hydroxyl groups is 1. The van der Waals surface area contributed by atoms with E-state index in [4.69, 9.17) is 28.0 Å². The fourth-order valence-corrected chi connectivity index (χ4v) is 3.33. The number of halogens is 1. The van der Waals surface area contributed by atoms with Crippen molar-refractivity contribution in [2.45, 2.75) is 98.2 Å². The van der Waals surface area contributed by atoms with Crippen molar-refractivity contribution >= 4 is 36.8 Å². The SMILES string of the molecule is CC(C)(C)N.CC(C)N.CN.CN(C)CCN.CN1CCNCC1.CNC(C)C.NCCO.O=C1CCCCN1.O=C1CCCN1.[Zn+][Br].[c-]1nccs1.c1c[nH]cn1.c1cn[nH]n1.c1nc[nH]n1. The molecule has 3 aliphatic heterocycles. The van der Waals surface area contributed by atoms with Gasteiger partial charge in [0.1, 0.15) is 12.7 Å². The monoisotopic (exact) mass is 1100 g/mol. The summed E-state index contributed by atoms with van der Waals surface area (Å²) in [6.45, 7) is 22.7. The van der Waals surface area contributed by atoms with Crippen LogP contribution in [-0.2, 0) is 25.9 Å². The number of hydrogen-bond acceptors (Lipinski definition) is 19. The molecule has 0 spiro atoms. The molecule has 23 nitrogen and oxygen atoms in total. The number of H-pyrrole nitrogens is 3. The average molecular weight is 1110 g/mol. The number of rotatable bonds is 4. The van der Waals surface area contributed by atoms with Gasteiger partial charge in [0.2, 0.25) is 11.8 Å². The van der Waals surface area contributed by atoms with E-state index in [1.807, 2.05) is 61.1 Å². The molecular formula is C42H95BrN20O3SZn. The number of aliphatic hydroxyl groups excluding tert-OH is 1. The Morgan fingerprint density at radius 1 is 0.882 bits per heavy atom. The predicted molar refractivity (Wildman–Crippen MR) is 282 cm³/mol. The summed E-state index contributed by atoms with van der Waals surface area (Å²) in [7, 11) is 9.62. The number of imidazole rings is 1. The summed E-state index contributed by atoms with van der Waals surface area (Å²) in [5.74, 6) is 0.418. The third-order valence-corrected chi connectivity index (χ3v) is 6.52. The maximum absolute atomic E-state index is 10.4. The van der Waals surface area contributed by atoms with Gasteiger partial charge in [-0.1, -0.05) is 27.7 Å². The fourth-order valence-electron chi connectivity index (χ4n) is 3.03. The number of aromatic nitrogens is 9. The standard InChI is InChI=1S/C5H12N2.C5H9NO.C4H12N2.C4H7NO.2C4H11N.C3H4N2.C3H2NS.C3H9N.2C2H3N3.C2H7NO.CH5N.BrH.Zn/c1-7-4-2-6-3-5-7;7-5-3-1-2-4-6-5;1-6(2)4-3-5;6-4-2-1-3-5-4;1-4(2)5-3;1-4(2,3)5;2*1-2-5-3-4-1;1-3(2)4;1-3-2-5-4-1;1-2-4-5-3-1;3-1-2-4;1-2;;/h6H,2-5H2,1H3;1-4H2,(H,6,7);3-5H2,1-2H3;1-3H2,(H,5,6);4-5H,1-3H3;5H2,1-3H3;1-3H,(H,4,5);1-2H;3H,4H2,1-2H3;2*1-2H,(H,3,4,5);4H,1-3H2;2H2,1H3;1H;/q;;;;;;;-1;;;;;;;+2/p-1. The zero-order chi connectivity index (χ0) is 53.5. The molecule has 0 aromatic carbocycles. The Labute approximate surface area is 430 Å². The molecule has 0 saturated carbocycles. The maximum Gasteiger partial charge on any atom is 0.137 e. The van der Waals surface area contributed by atoms with Crippen molar-refractivity contribution in [3.8, 4) is 0 Å². The molecule has 4 aromatic rings. The molecular weight excluding hydrogens is 1010 g/mol. The van der Waals surface area contributed by atoms with Crippen LogP contribution in [0.25, 0.3) is 0 Å². The van der Waals surface area contributed by atoms with Crippen LogP contribution in [0.5, 0.6) is 0 Å². The Morgan fingerprint density at radius 2 is 1.38 bits per heavy atom. The Hall–Kier alpha value is -3.24. The zero-order valence-corrected chi connectivity index (χ0v) is 49.0. The summed E-state index contributed by atoms with van der Waals surface area (Å²) in [4.78, 5) is 38.5. The third kappa shape index (κ3) is 114. The first-order valence-electron chi connectivity index (χ1n) is 22.3. The second-order valence-electron chi connectivity index (χ2n) is 15.2. The van der Waals surface area contributed by atoms with Crippen LogP contribution in [0.3, 0.4) is 0 Å². The molecule has 3 fully saturated rings. The summed E-state index contributed by atoms with van der Waals surface area (Å²) < 4.78 is 0. The number of piperazine rings is 1. The number of piperidine rings is 1. The Kier molecular flexibility index (Phi) is 81.6. The van der Waals surface area contributed by atoms with Gasteiger partial charge in [0.25, 0.3) is 0 Å². The number of amides is 2. The topological polar surface area (TPSA) is 364 Å². The van der Waals surface area contributed by atoms with E-state index in [1.165, 1.54) is 60.5 Å². The van der Waals surface area contributed by atoms with Crippen LogP contribution >= 0.6 is 25.0 Å². The molecule has 3 aliphatic rings. The van der Waals surface area contributed by atoms with Crippen LogP contribution in [0.15, 0.2) is 55.3 Å². The van der Waals surface area contributed by atoms with Crippen molar-refractivity contribution in [3.05, 3.63) is 60.9 Å². The van der Waals surface area contributed by atoms with E-state index in [2.05, 4.69) is 122 Å². The number of carbonyl (C=O) groups excluding carboxylic acids is 2. The first-order chi connectivity index (χ1) is 32.4. The van der Waals surface area contributed by atoms with Gasteiger partial charge in [0, 0.05) is 95.7 Å². The first kappa shape index (κ1) is 78.9. The number of thiazole rings is 1. The van der Waals surface area contributed by atoms with Gasteiger partial charge in [-0.3, -0.25) is 26.0 Å². The zero-order valence-electron chi connectivity index (χ0n) is 43.7. The number of aromatic amines is 3. The van der Waals surface area contributed by atoms with E-state index < -0.39 is 0 Å². The van der Waals surface area contributed by atoms with Crippen LogP contribution in [0.1, 0.15) is 80.6 Å². The van der Waals surface area contributed by atoms with E-state index in [9.17, 15) is 9.59 Å². The number of nitrogens with two attached hydrogens (primary N) is 5. The quantitative estimate of drug-likeness (QED) is 0.101. The molecule has 4 aromatic heterocycles. The van der Waals surface area contributed by atoms with E-state index in [0.717, 1.165) is 71.4 Å². The molecule has 26 heteroatoms. The molecule has 7 rings (SSSR count). The minimum absolute atomic E-state index is 0. The smallest absolute Gasteiger partial charge is 0.137 e. The third-order valence-electron chi connectivity index (χ3n) is 6.06. The van der Waals surface area contributed by atoms with Gasteiger partial charge in [0.15, 0.2) is 0 Å². The fraction of sp³-hybridized carbons (Fsp3) is 0.714. The van der Waals surface area contributed by atoms with Crippen molar-refractivity contribution in [1.29, 1.82) is 0 Å². The normalized spacial score (nSPS) is 12.6. The van der Waals surface area contributed by atoms with E-state index in [-0.39, 0.29) is 24.0 Å². The van der Waals surface area contributed by atoms with Crippen LogP contribution in [0.4, 0.5) is 0 Å². The molecule has 7 heterocycles. The van der Waals surface area contributed by atoms with Crippen LogP contribution in [0, 0.1) is 5.51 Å². The molecule has 2 amide bonds. The molecule has 68 heavy (non-hydrogen) atoms. The largest absolute Gasteiger partial charge is 0.394 e. The van der Waals surface area contributed by atoms with Crippen LogP contribution < -0.4 is 49.9 Å². The van der Waals surface area contributed by atoms with E-state index in [0.29, 0.717) is 18.6 Å². The molecule has 0 aliphatic carbocycles. The number of carbonyl (C=O) groups is 2. The van der Waals surface area contributed by atoms with Gasteiger partial charge in [-0.05, 0) is 86.8 Å². The van der Waals surface area contributed by atoms with Crippen molar-refractivity contribution < 1.29 is 31.0 Å². The molecule has 0 atom stereocenters. The maximum atomic E-state index is 10.4. The Morgan fingerprint density at radius 3 is 1.51 bits per heavy atom. The van der Waals surface area contributed by atoms with Crippen LogP contribution in [-0.4, -0.2) is 191 Å². The summed E-state index contributed by atoms with van der Waals surface area (Å²) in [5, 5.41) is 36.7. The molecule has 0 radical (unpaired) electrons. The predicted octanol–water partition coefficient (Wildman–Crippen LogP) is 1.24. The Balaban J connectivity index is -0.000000119.